The number of hydrogen-bond donors (Lipinski definition) is 0. The molecule has 0 atom stereocenters. The lowest BCUT2D eigenvalue weighted by Crippen LogP contribution is -2.13. The lowest BCUT2D eigenvalue weighted by molar-refractivity contribution is -0.145. The van der Waals surface area contributed by atoms with Crippen molar-refractivity contribution in [2.45, 2.75) is 40.0 Å². The Morgan fingerprint density at radius 3 is 2.41 bits per heavy atom. The van der Waals surface area contributed by atoms with Crippen LogP contribution in [0.25, 0.3) is 5.78 Å². The van der Waals surface area contributed by atoms with E-state index >= 15 is 0 Å². The molecule has 142 valence electrons. The van der Waals surface area contributed by atoms with Crippen molar-refractivity contribution in [3.05, 3.63) is 58.2 Å². The molecule has 0 unspecified atom stereocenters. The number of nitrogens with zero attached hydrogens (tertiary/aromatic N) is 4. The molecular formula is C18H17F3N4O2. The summed E-state index contributed by atoms with van der Waals surface area (Å²) in [6.07, 6.45) is -4.78. The van der Waals surface area contributed by atoms with Gasteiger partial charge in [-0.15, -0.1) is 5.10 Å². The highest BCUT2D eigenvalue weighted by Gasteiger charge is 2.37. The van der Waals surface area contributed by atoms with Gasteiger partial charge in [0.1, 0.15) is 6.61 Å². The lowest BCUT2D eigenvalue weighted by atomic mass is 10.1. The van der Waals surface area contributed by atoms with Gasteiger partial charge < -0.3 is 4.74 Å². The molecule has 2 heterocycles. The van der Waals surface area contributed by atoms with E-state index in [0.29, 0.717) is 17.0 Å². The van der Waals surface area contributed by atoms with Crippen LogP contribution in [0, 0.1) is 20.8 Å². The predicted molar refractivity (Wildman–Crippen MR) is 89.9 cm³/mol. The first-order valence-electron chi connectivity index (χ1n) is 8.16. The number of carbonyl (C=O) groups is 1. The van der Waals surface area contributed by atoms with Crippen LogP contribution >= 0.6 is 0 Å². The highest BCUT2D eigenvalue weighted by Crippen LogP contribution is 2.27. The van der Waals surface area contributed by atoms with Crippen molar-refractivity contribution >= 4 is 11.7 Å². The number of rotatable bonds is 4. The number of carbonyl (C=O) groups excluding carboxylic acids is 1. The molecule has 0 saturated heterocycles. The summed E-state index contributed by atoms with van der Waals surface area (Å²) in [4.78, 5) is 19.6. The first-order valence-corrected chi connectivity index (χ1v) is 8.16. The Balaban J connectivity index is 1.79. The standard InChI is InChI=1S/C18H17F3N4O2/c1-10-4-6-13(7-5-10)9-27-15(26)8-14-11(2)22-17-23-16(18(19,20)21)24-25(17)12(14)3/h4-7H,8-9H2,1-3H3. The molecule has 0 aliphatic heterocycles. The van der Waals surface area contributed by atoms with Gasteiger partial charge in [-0.25, -0.2) is 9.50 Å². The Hall–Kier alpha value is -2.97. The third-order valence-corrected chi connectivity index (χ3v) is 4.14. The van der Waals surface area contributed by atoms with E-state index in [2.05, 4.69) is 15.1 Å². The summed E-state index contributed by atoms with van der Waals surface area (Å²) in [6.45, 7) is 5.25. The molecule has 0 aliphatic rings. The summed E-state index contributed by atoms with van der Waals surface area (Å²) in [6, 6.07) is 7.55. The van der Waals surface area contributed by atoms with Gasteiger partial charge in [0.15, 0.2) is 0 Å². The first-order chi connectivity index (χ1) is 12.6. The quantitative estimate of drug-likeness (QED) is 0.651. The summed E-state index contributed by atoms with van der Waals surface area (Å²) in [5, 5.41) is 3.46. The molecule has 27 heavy (non-hydrogen) atoms. The Labute approximate surface area is 153 Å². The number of ether oxygens (including phenoxy) is 1. The van der Waals surface area contributed by atoms with Crippen LogP contribution in [0.4, 0.5) is 13.2 Å². The molecule has 9 heteroatoms. The summed E-state index contributed by atoms with van der Waals surface area (Å²) in [5.74, 6) is -1.93. The molecule has 0 saturated carbocycles. The second-order valence-electron chi connectivity index (χ2n) is 6.23. The van der Waals surface area contributed by atoms with Crippen LogP contribution in [0.1, 0.15) is 33.9 Å². The van der Waals surface area contributed by atoms with E-state index in [9.17, 15) is 18.0 Å². The molecule has 0 spiro atoms. The van der Waals surface area contributed by atoms with Crippen LogP contribution in [0.2, 0.25) is 0 Å². The van der Waals surface area contributed by atoms with E-state index < -0.39 is 18.0 Å². The fourth-order valence-electron chi connectivity index (χ4n) is 2.63. The van der Waals surface area contributed by atoms with Crippen molar-refractivity contribution in [2.24, 2.45) is 0 Å². The van der Waals surface area contributed by atoms with Gasteiger partial charge in [-0.05, 0) is 26.3 Å². The minimum Gasteiger partial charge on any atom is -0.461 e. The summed E-state index contributed by atoms with van der Waals surface area (Å²) < 4.78 is 44.7. The Bertz CT molecular complexity index is 994. The van der Waals surface area contributed by atoms with Crippen molar-refractivity contribution in [3.63, 3.8) is 0 Å². The highest BCUT2D eigenvalue weighted by atomic mass is 19.4. The van der Waals surface area contributed by atoms with Crippen molar-refractivity contribution in [1.82, 2.24) is 19.6 Å². The van der Waals surface area contributed by atoms with Crippen LogP contribution in [-0.4, -0.2) is 25.6 Å². The zero-order valence-corrected chi connectivity index (χ0v) is 15.0. The summed E-state index contributed by atoms with van der Waals surface area (Å²) in [7, 11) is 0. The predicted octanol–water partition coefficient (Wildman–Crippen LogP) is 3.35. The highest BCUT2D eigenvalue weighted by molar-refractivity contribution is 5.73. The number of fused-ring (bicyclic) bond motifs is 1. The number of alkyl halides is 3. The molecule has 0 N–H and O–H groups in total. The SMILES string of the molecule is Cc1ccc(COC(=O)Cc2c(C)nc3nc(C(F)(F)F)nn3c2C)cc1. The van der Waals surface area contributed by atoms with E-state index in [1.807, 2.05) is 31.2 Å². The Kier molecular flexibility index (Phi) is 4.86. The van der Waals surface area contributed by atoms with Crippen LogP contribution in [0.5, 0.6) is 0 Å². The van der Waals surface area contributed by atoms with Crippen LogP contribution in [-0.2, 0) is 28.7 Å². The third kappa shape index (κ3) is 4.07. The minimum absolute atomic E-state index is 0.117. The van der Waals surface area contributed by atoms with Crippen LogP contribution < -0.4 is 0 Å². The molecule has 0 radical (unpaired) electrons. The van der Waals surface area contributed by atoms with Crippen LogP contribution in [0.15, 0.2) is 24.3 Å². The molecule has 1 aromatic carbocycles. The zero-order chi connectivity index (χ0) is 19.8. The van der Waals surface area contributed by atoms with E-state index in [4.69, 9.17) is 4.74 Å². The number of aromatic nitrogens is 4. The number of halogens is 3. The fourth-order valence-corrected chi connectivity index (χ4v) is 2.63. The van der Waals surface area contributed by atoms with Crippen molar-refractivity contribution in [1.29, 1.82) is 0 Å². The molecule has 0 fully saturated rings. The first kappa shape index (κ1) is 18.8. The number of hydrogen-bond acceptors (Lipinski definition) is 5. The molecule has 0 aliphatic carbocycles. The average molecular weight is 378 g/mol. The number of aryl methyl sites for hydroxylation is 3. The molecule has 3 rings (SSSR count). The lowest BCUT2D eigenvalue weighted by Gasteiger charge is -2.10. The second kappa shape index (κ2) is 6.98. The topological polar surface area (TPSA) is 69.4 Å². The van der Waals surface area contributed by atoms with Gasteiger partial charge in [0, 0.05) is 17.0 Å². The number of benzene rings is 1. The summed E-state index contributed by atoms with van der Waals surface area (Å²) in [5.41, 5.74) is 3.19. The maximum atomic E-state index is 12.8. The maximum Gasteiger partial charge on any atom is 0.453 e. The average Bonchev–Trinajstić information content (AvgIpc) is 3.02. The zero-order valence-electron chi connectivity index (χ0n) is 15.0. The summed E-state index contributed by atoms with van der Waals surface area (Å²) >= 11 is 0. The van der Waals surface area contributed by atoms with Gasteiger partial charge >= 0.3 is 12.1 Å². The van der Waals surface area contributed by atoms with E-state index in [1.54, 1.807) is 13.8 Å². The molecule has 0 amide bonds. The third-order valence-electron chi connectivity index (χ3n) is 4.14. The smallest absolute Gasteiger partial charge is 0.453 e. The largest absolute Gasteiger partial charge is 0.461 e. The van der Waals surface area contributed by atoms with Crippen molar-refractivity contribution < 1.29 is 22.7 Å². The van der Waals surface area contributed by atoms with Gasteiger partial charge in [0.05, 0.1) is 6.42 Å². The Morgan fingerprint density at radius 2 is 1.78 bits per heavy atom. The number of esters is 1. The van der Waals surface area contributed by atoms with Gasteiger partial charge in [0.2, 0.25) is 0 Å². The second-order valence-corrected chi connectivity index (χ2v) is 6.23. The van der Waals surface area contributed by atoms with Crippen LogP contribution in [0.3, 0.4) is 0 Å². The fraction of sp³-hybridized carbons (Fsp3) is 0.333. The Morgan fingerprint density at radius 1 is 1.11 bits per heavy atom. The van der Waals surface area contributed by atoms with Gasteiger partial charge in [0.25, 0.3) is 11.6 Å². The molecule has 2 aromatic heterocycles. The van der Waals surface area contributed by atoms with E-state index in [1.165, 1.54) is 0 Å². The normalized spacial score (nSPS) is 11.8. The van der Waals surface area contributed by atoms with Gasteiger partial charge in [-0.2, -0.15) is 18.2 Å². The molecule has 6 nitrogen and oxygen atoms in total. The maximum absolute atomic E-state index is 12.8. The molecular weight excluding hydrogens is 361 g/mol. The minimum atomic E-state index is -4.67. The molecule has 3 aromatic rings. The molecule has 0 bridgehead atoms. The van der Waals surface area contributed by atoms with E-state index in [0.717, 1.165) is 15.6 Å². The monoisotopic (exact) mass is 378 g/mol. The van der Waals surface area contributed by atoms with Crippen molar-refractivity contribution in [2.75, 3.05) is 0 Å². The van der Waals surface area contributed by atoms with Gasteiger partial charge in [-0.1, -0.05) is 29.8 Å². The van der Waals surface area contributed by atoms with E-state index in [-0.39, 0.29) is 18.8 Å². The van der Waals surface area contributed by atoms with Crippen molar-refractivity contribution in [3.8, 4) is 0 Å². The van der Waals surface area contributed by atoms with Gasteiger partial charge in [-0.3, -0.25) is 4.79 Å².